The Bertz CT molecular complexity index is 252. The van der Waals surface area contributed by atoms with Gasteiger partial charge in [0.1, 0.15) is 0 Å². The predicted octanol–water partition coefficient (Wildman–Crippen LogP) is 1.60. The Kier molecular flexibility index (Phi) is 2.47. The number of halogens is 1. The largest absolute Gasteiger partial charge is 0.441 e. The van der Waals surface area contributed by atoms with Crippen LogP contribution in [0.2, 0.25) is 0 Å². The lowest BCUT2D eigenvalue weighted by atomic mass is 10.1. The van der Waals surface area contributed by atoms with Crippen LogP contribution in [0.3, 0.4) is 0 Å². The van der Waals surface area contributed by atoms with Crippen LogP contribution >= 0.6 is 0 Å². The van der Waals surface area contributed by atoms with Crippen molar-refractivity contribution >= 4 is 0 Å². The van der Waals surface area contributed by atoms with Gasteiger partial charge in [-0.05, 0) is 20.9 Å². The van der Waals surface area contributed by atoms with Crippen molar-refractivity contribution in [3.63, 3.8) is 0 Å². The molecule has 0 aromatic carbocycles. The first-order valence-electron chi connectivity index (χ1n) is 3.82. The van der Waals surface area contributed by atoms with Gasteiger partial charge in [-0.25, -0.2) is 9.37 Å². The van der Waals surface area contributed by atoms with E-state index in [0.29, 0.717) is 12.4 Å². The van der Waals surface area contributed by atoms with Crippen molar-refractivity contribution in [2.75, 3.05) is 7.05 Å². The summed E-state index contributed by atoms with van der Waals surface area (Å²) >= 11 is 0. The highest BCUT2D eigenvalue weighted by atomic mass is 19.1. The molecule has 1 aromatic rings. The van der Waals surface area contributed by atoms with Gasteiger partial charge in [-0.1, -0.05) is 0 Å². The fraction of sp³-hybridized carbons (Fsp3) is 0.625. The van der Waals surface area contributed by atoms with E-state index in [2.05, 4.69) is 10.3 Å². The minimum atomic E-state index is -1.45. The molecule has 0 bridgehead atoms. The van der Waals surface area contributed by atoms with Gasteiger partial charge in [0.25, 0.3) is 0 Å². The minimum Gasteiger partial charge on any atom is -0.441 e. The van der Waals surface area contributed by atoms with E-state index in [1.807, 2.05) is 0 Å². The van der Waals surface area contributed by atoms with Crippen LogP contribution in [-0.4, -0.2) is 12.0 Å². The molecule has 1 rings (SSSR count). The molecule has 0 aliphatic rings. The maximum absolute atomic E-state index is 13.2. The van der Waals surface area contributed by atoms with E-state index in [1.54, 1.807) is 7.05 Å². The monoisotopic (exact) mass is 172 g/mol. The molecule has 1 heterocycles. The van der Waals surface area contributed by atoms with Crippen LogP contribution in [0.15, 0.2) is 10.6 Å². The van der Waals surface area contributed by atoms with E-state index in [1.165, 1.54) is 20.0 Å². The first-order chi connectivity index (χ1) is 5.54. The van der Waals surface area contributed by atoms with Crippen LogP contribution in [-0.2, 0) is 12.2 Å². The van der Waals surface area contributed by atoms with Crippen LogP contribution in [0.5, 0.6) is 0 Å². The van der Waals surface area contributed by atoms with E-state index in [0.717, 1.165) is 0 Å². The number of aromatic nitrogens is 1. The number of hydrogen-bond donors (Lipinski definition) is 1. The molecule has 1 N–H and O–H groups in total. The van der Waals surface area contributed by atoms with Crippen LogP contribution in [0.1, 0.15) is 25.5 Å². The van der Waals surface area contributed by atoms with Gasteiger partial charge >= 0.3 is 0 Å². The van der Waals surface area contributed by atoms with Crippen molar-refractivity contribution in [1.82, 2.24) is 10.3 Å². The van der Waals surface area contributed by atoms with Gasteiger partial charge in [0.05, 0.1) is 12.7 Å². The first-order valence-corrected chi connectivity index (χ1v) is 3.82. The van der Waals surface area contributed by atoms with Crippen LogP contribution in [0.25, 0.3) is 0 Å². The highest BCUT2D eigenvalue weighted by Gasteiger charge is 2.23. The van der Waals surface area contributed by atoms with E-state index in [9.17, 15) is 4.39 Å². The molecule has 0 radical (unpaired) electrons. The van der Waals surface area contributed by atoms with E-state index in [-0.39, 0.29) is 5.76 Å². The van der Waals surface area contributed by atoms with Gasteiger partial charge in [-0.15, -0.1) is 0 Å². The lowest BCUT2D eigenvalue weighted by molar-refractivity contribution is 0.175. The average Bonchev–Trinajstić information content (AvgIpc) is 2.35. The standard InChI is InChI=1S/C8H13FN2O/c1-8(2,9)6-4-11-7(12-6)5-10-3/h4,10H,5H2,1-3H3. The number of alkyl halides is 1. The summed E-state index contributed by atoms with van der Waals surface area (Å²) < 4.78 is 18.4. The van der Waals surface area contributed by atoms with Crippen LogP contribution in [0, 0.1) is 0 Å². The van der Waals surface area contributed by atoms with Gasteiger partial charge < -0.3 is 9.73 Å². The van der Waals surface area contributed by atoms with Crippen molar-refractivity contribution in [3.05, 3.63) is 17.8 Å². The summed E-state index contributed by atoms with van der Waals surface area (Å²) in [5, 5.41) is 2.87. The van der Waals surface area contributed by atoms with Crippen molar-refractivity contribution in [3.8, 4) is 0 Å². The van der Waals surface area contributed by atoms with Gasteiger partial charge in [-0.3, -0.25) is 0 Å². The van der Waals surface area contributed by atoms with Gasteiger partial charge in [0.2, 0.25) is 5.89 Å². The summed E-state index contributed by atoms with van der Waals surface area (Å²) in [4.78, 5) is 3.90. The molecular weight excluding hydrogens is 159 g/mol. The molecule has 12 heavy (non-hydrogen) atoms. The highest BCUT2D eigenvalue weighted by Crippen LogP contribution is 2.24. The zero-order valence-electron chi connectivity index (χ0n) is 7.52. The average molecular weight is 172 g/mol. The van der Waals surface area contributed by atoms with Crippen molar-refractivity contribution in [2.45, 2.75) is 26.1 Å². The van der Waals surface area contributed by atoms with E-state index in [4.69, 9.17) is 4.42 Å². The molecule has 1 aromatic heterocycles. The Morgan fingerprint density at radius 3 is 2.75 bits per heavy atom. The molecular formula is C8H13FN2O. The fourth-order valence-corrected chi connectivity index (χ4v) is 0.818. The maximum atomic E-state index is 13.2. The van der Waals surface area contributed by atoms with Gasteiger partial charge in [0, 0.05) is 0 Å². The molecule has 0 atom stereocenters. The maximum Gasteiger partial charge on any atom is 0.208 e. The lowest BCUT2D eigenvalue weighted by Crippen LogP contribution is -2.07. The van der Waals surface area contributed by atoms with Crippen LogP contribution in [0.4, 0.5) is 4.39 Å². The molecule has 0 amide bonds. The second kappa shape index (κ2) is 3.23. The van der Waals surface area contributed by atoms with E-state index < -0.39 is 5.67 Å². The van der Waals surface area contributed by atoms with E-state index >= 15 is 0 Å². The molecule has 0 aliphatic heterocycles. The summed E-state index contributed by atoms with van der Waals surface area (Å²) in [6.07, 6.45) is 1.42. The summed E-state index contributed by atoms with van der Waals surface area (Å²) in [6.45, 7) is 3.41. The Morgan fingerprint density at radius 2 is 2.33 bits per heavy atom. The Labute approximate surface area is 71.0 Å². The third kappa shape index (κ3) is 2.04. The third-order valence-corrected chi connectivity index (χ3v) is 1.47. The van der Waals surface area contributed by atoms with Crippen molar-refractivity contribution in [2.24, 2.45) is 0 Å². The predicted molar refractivity (Wildman–Crippen MR) is 43.4 cm³/mol. The number of oxazole rings is 1. The zero-order valence-corrected chi connectivity index (χ0v) is 7.52. The summed E-state index contributed by atoms with van der Waals surface area (Å²) in [7, 11) is 1.78. The smallest absolute Gasteiger partial charge is 0.208 e. The number of hydrogen-bond acceptors (Lipinski definition) is 3. The molecule has 0 fully saturated rings. The quantitative estimate of drug-likeness (QED) is 0.752. The molecule has 0 saturated carbocycles. The molecule has 0 saturated heterocycles. The number of nitrogens with one attached hydrogen (secondary N) is 1. The second-order valence-corrected chi connectivity index (χ2v) is 3.12. The molecule has 0 aliphatic carbocycles. The molecule has 68 valence electrons. The van der Waals surface area contributed by atoms with Crippen molar-refractivity contribution < 1.29 is 8.81 Å². The SMILES string of the molecule is CNCc1ncc(C(C)(C)F)o1. The normalized spacial score (nSPS) is 12.0. The zero-order chi connectivity index (χ0) is 9.19. The topological polar surface area (TPSA) is 38.1 Å². The summed E-state index contributed by atoms with van der Waals surface area (Å²) in [5.41, 5.74) is -1.45. The minimum absolute atomic E-state index is 0.271. The Balaban J connectivity index is 2.77. The Morgan fingerprint density at radius 1 is 1.67 bits per heavy atom. The molecule has 0 spiro atoms. The molecule has 4 heteroatoms. The number of nitrogens with zero attached hydrogens (tertiary/aromatic N) is 1. The number of rotatable bonds is 3. The van der Waals surface area contributed by atoms with Gasteiger partial charge in [0.15, 0.2) is 11.4 Å². The first kappa shape index (κ1) is 9.19. The third-order valence-electron chi connectivity index (χ3n) is 1.47. The fourth-order valence-electron chi connectivity index (χ4n) is 0.818. The molecule has 3 nitrogen and oxygen atoms in total. The van der Waals surface area contributed by atoms with Crippen molar-refractivity contribution in [1.29, 1.82) is 0 Å². The summed E-state index contributed by atoms with van der Waals surface area (Å²) in [6, 6.07) is 0. The second-order valence-electron chi connectivity index (χ2n) is 3.12. The summed E-state index contributed by atoms with van der Waals surface area (Å²) in [5.74, 6) is 0.783. The molecule has 0 unspecified atom stereocenters. The van der Waals surface area contributed by atoms with Gasteiger partial charge in [-0.2, -0.15) is 0 Å². The lowest BCUT2D eigenvalue weighted by Gasteiger charge is -2.08. The van der Waals surface area contributed by atoms with Crippen LogP contribution < -0.4 is 5.32 Å². The Hall–Kier alpha value is -0.900. The highest BCUT2D eigenvalue weighted by molar-refractivity contribution is 5.02.